The molecule has 15 heavy (non-hydrogen) atoms. The van der Waals surface area contributed by atoms with Gasteiger partial charge in [0.15, 0.2) is 0 Å². The van der Waals surface area contributed by atoms with E-state index in [4.69, 9.17) is 0 Å². The van der Waals surface area contributed by atoms with Crippen molar-refractivity contribution >= 4 is 0 Å². The number of H-pyrrole nitrogens is 1. The van der Waals surface area contributed by atoms with E-state index in [1.807, 2.05) is 0 Å². The third-order valence-corrected chi connectivity index (χ3v) is 2.28. The fourth-order valence-corrected chi connectivity index (χ4v) is 1.67. The van der Waals surface area contributed by atoms with Gasteiger partial charge < -0.3 is 5.32 Å². The van der Waals surface area contributed by atoms with Crippen molar-refractivity contribution in [1.29, 1.82) is 0 Å². The summed E-state index contributed by atoms with van der Waals surface area (Å²) < 4.78 is 37.7. The van der Waals surface area contributed by atoms with Crippen LogP contribution in [0.3, 0.4) is 0 Å². The Labute approximate surface area is 86.1 Å². The lowest BCUT2D eigenvalue weighted by molar-refractivity contribution is -0.141. The highest BCUT2D eigenvalue weighted by Crippen LogP contribution is 2.34. The Morgan fingerprint density at radius 1 is 1.47 bits per heavy atom. The minimum Gasteiger partial charge on any atom is -0.319 e. The largest absolute Gasteiger partial charge is 0.433 e. The third-order valence-electron chi connectivity index (χ3n) is 2.28. The Kier molecular flexibility index (Phi) is 3.38. The minimum absolute atomic E-state index is 0.217. The van der Waals surface area contributed by atoms with Crippen LogP contribution in [0.4, 0.5) is 13.2 Å². The quantitative estimate of drug-likeness (QED) is 0.820. The van der Waals surface area contributed by atoms with Gasteiger partial charge in [-0.2, -0.15) is 18.3 Å². The lowest BCUT2D eigenvalue weighted by atomic mass is 9.98. The topological polar surface area (TPSA) is 40.7 Å². The van der Waals surface area contributed by atoms with Crippen LogP contribution in [0.1, 0.15) is 29.8 Å². The molecule has 86 valence electrons. The van der Waals surface area contributed by atoms with Crippen molar-refractivity contribution in [3.63, 3.8) is 0 Å². The number of aromatic amines is 1. The van der Waals surface area contributed by atoms with Gasteiger partial charge >= 0.3 is 6.18 Å². The van der Waals surface area contributed by atoms with Crippen molar-refractivity contribution in [1.82, 2.24) is 15.5 Å². The molecule has 0 radical (unpaired) electrons. The molecule has 0 fully saturated rings. The summed E-state index contributed by atoms with van der Waals surface area (Å²) in [6, 6.07) is 0. The van der Waals surface area contributed by atoms with Gasteiger partial charge in [-0.15, -0.1) is 0 Å². The molecule has 1 aromatic heterocycles. The zero-order chi connectivity index (χ0) is 11.6. The molecule has 1 aromatic rings. The SMILES string of the molecule is CNCC(C)c1c(C)n[nH]c1C(F)(F)F. The molecule has 1 rings (SSSR count). The lowest BCUT2D eigenvalue weighted by Gasteiger charge is -2.14. The predicted octanol–water partition coefficient (Wildman–Crippen LogP) is 2.06. The average molecular weight is 221 g/mol. The summed E-state index contributed by atoms with van der Waals surface area (Å²) in [5, 5.41) is 8.52. The van der Waals surface area contributed by atoms with Gasteiger partial charge in [-0.05, 0) is 19.9 Å². The average Bonchev–Trinajstić information content (AvgIpc) is 2.46. The molecular formula is C9H14F3N3. The maximum atomic E-state index is 12.6. The molecule has 0 spiro atoms. The summed E-state index contributed by atoms with van der Waals surface area (Å²) in [5.74, 6) is -0.217. The number of hydrogen-bond acceptors (Lipinski definition) is 2. The number of alkyl halides is 3. The summed E-state index contributed by atoms with van der Waals surface area (Å²) in [6.07, 6.45) is -4.36. The summed E-state index contributed by atoms with van der Waals surface area (Å²) in [7, 11) is 1.71. The van der Waals surface area contributed by atoms with Crippen molar-refractivity contribution in [2.45, 2.75) is 25.9 Å². The molecule has 0 aliphatic rings. The van der Waals surface area contributed by atoms with E-state index in [2.05, 4.69) is 15.5 Å². The van der Waals surface area contributed by atoms with Gasteiger partial charge in [0, 0.05) is 12.1 Å². The second kappa shape index (κ2) is 4.22. The summed E-state index contributed by atoms with van der Waals surface area (Å²) >= 11 is 0. The Morgan fingerprint density at radius 3 is 2.53 bits per heavy atom. The molecule has 6 heteroatoms. The zero-order valence-electron chi connectivity index (χ0n) is 8.87. The van der Waals surface area contributed by atoms with E-state index in [9.17, 15) is 13.2 Å². The number of likely N-dealkylation sites (N-methyl/N-ethyl adjacent to an activating group) is 1. The summed E-state index contributed by atoms with van der Waals surface area (Å²) in [5.41, 5.74) is -0.0790. The first-order chi connectivity index (χ1) is 6.88. The van der Waals surface area contributed by atoms with Crippen LogP contribution in [0.2, 0.25) is 0 Å². The first-order valence-electron chi connectivity index (χ1n) is 4.64. The van der Waals surface area contributed by atoms with Crippen molar-refractivity contribution in [3.8, 4) is 0 Å². The highest BCUT2D eigenvalue weighted by Gasteiger charge is 2.37. The standard InChI is InChI=1S/C9H14F3N3/c1-5(4-13-3)7-6(2)14-15-8(7)9(10,11)12/h5,13H,4H2,1-3H3,(H,14,15). The van der Waals surface area contributed by atoms with Crippen LogP contribution in [0.15, 0.2) is 0 Å². The van der Waals surface area contributed by atoms with Crippen LogP contribution < -0.4 is 5.32 Å². The molecule has 0 aromatic carbocycles. The molecule has 0 aliphatic carbocycles. The zero-order valence-corrected chi connectivity index (χ0v) is 8.87. The van der Waals surface area contributed by atoms with Crippen LogP contribution in [-0.2, 0) is 6.18 Å². The van der Waals surface area contributed by atoms with E-state index in [0.29, 0.717) is 12.2 Å². The molecule has 0 saturated carbocycles. The van der Waals surface area contributed by atoms with E-state index in [0.717, 1.165) is 0 Å². The van der Waals surface area contributed by atoms with Gasteiger partial charge in [-0.3, -0.25) is 5.10 Å². The Bertz CT molecular complexity index is 330. The molecule has 1 atom stereocenters. The molecule has 0 aliphatic heterocycles. The van der Waals surface area contributed by atoms with Gasteiger partial charge in [0.1, 0.15) is 5.69 Å². The fourth-order valence-electron chi connectivity index (χ4n) is 1.67. The van der Waals surface area contributed by atoms with Crippen molar-refractivity contribution < 1.29 is 13.2 Å². The molecule has 1 heterocycles. The van der Waals surface area contributed by atoms with Crippen LogP contribution in [-0.4, -0.2) is 23.8 Å². The minimum atomic E-state index is -4.36. The number of nitrogens with zero attached hydrogens (tertiary/aromatic N) is 1. The normalized spacial score (nSPS) is 14.3. The molecule has 0 amide bonds. The number of rotatable bonds is 3. The molecule has 3 nitrogen and oxygen atoms in total. The van der Waals surface area contributed by atoms with Crippen molar-refractivity contribution in [3.05, 3.63) is 17.0 Å². The Balaban J connectivity index is 3.10. The third kappa shape index (κ3) is 2.50. The van der Waals surface area contributed by atoms with Gasteiger partial charge in [0.25, 0.3) is 0 Å². The maximum Gasteiger partial charge on any atom is 0.433 e. The monoisotopic (exact) mass is 221 g/mol. The molecular weight excluding hydrogens is 207 g/mol. The van der Waals surface area contributed by atoms with Gasteiger partial charge in [0.2, 0.25) is 0 Å². The van der Waals surface area contributed by atoms with Gasteiger partial charge in [0.05, 0.1) is 5.69 Å². The van der Waals surface area contributed by atoms with E-state index < -0.39 is 11.9 Å². The highest BCUT2D eigenvalue weighted by molar-refractivity contribution is 5.30. The van der Waals surface area contributed by atoms with Crippen molar-refractivity contribution in [2.24, 2.45) is 0 Å². The van der Waals surface area contributed by atoms with E-state index in [1.54, 1.807) is 20.9 Å². The van der Waals surface area contributed by atoms with Crippen molar-refractivity contribution in [2.75, 3.05) is 13.6 Å². The molecule has 0 saturated heterocycles. The van der Waals surface area contributed by atoms with Gasteiger partial charge in [-0.25, -0.2) is 0 Å². The number of aromatic nitrogens is 2. The Hall–Kier alpha value is -1.04. The maximum absolute atomic E-state index is 12.6. The van der Waals surface area contributed by atoms with Crippen LogP contribution in [0, 0.1) is 6.92 Å². The second-order valence-corrected chi connectivity index (χ2v) is 3.55. The number of aryl methyl sites for hydroxylation is 1. The number of nitrogens with one attached hydrogen (secondary N) is 2. The van der Waals surface area contributed by atoms with Crippen LogP contribution in [0.5, 0.6) is 0 Å². The summed E-state index contributed by atoms with van der Waals surface area (Å²) in [4.78, 5) is 0. The van der Waals surface area contributed by atoms with Crippen LogP contribution >= 0.6 is 0 Å². The van der Waals surface area contributed by atoms with Crippen LogP contribution in [0.25, 0.3) is 0 Å². The summed E-state index contributed by atoms with van der Waals surface area (Å²) in [6.45, 7) is 3.81. The predicted molar refractivity (Wildman–Crippen MR) is 50.7 cm³/mol. The second-order valence-electron chi connectivity index (χ2n) is 3.55. The molecule has 2 N–H and O–H groups in total. The lowest BCUT2D eigenvalue weighted by Crippen LogP contribution is -2.18. The smallest absolute Gasteiger partial charge is 0.319 e. The van der Waals surface area contributed by atoms with Gasteiger partial charge in [-0.1, -0.05) is 6.92 Å². The number of halogens is 3. The first kappa shape index (κ1) is 12.0. The fraction of sp³-hybridized carbons (Fsp3) is 0.667. The molecule has 1 unspecified atom stereocenters. The molecule has 0 bridgehead atoms. The van der Waals surface area contributed by atoms with E-state index >= 15 is 0 Å². The van der Waals surface area contributed by atoms with E-state index in [-0.39, 0.29) is 11.5 Å². The highest BCUT2D eigenvalue weighted by atomic mass is 19.4. The first-order valence-corrected chi connectivity index (χ1v) is 4.64. The number of hydrogen-bond donors (Lipinski definition) is 2. The Morgan fingerprint density at radius 2 is 2.07 bits per heavy atom. The van der Waals surface area contributed by atoms with E-state index in [1.165, 1.54) is 0 Å².